The average molecular weight is 335 g/mol. The van der Waals surface area contributed by atoms with Crippen LogP contribution < -0.4 is 4.74 Å². The molecule has 1 amide bonds. The first kappa shape index (κ1) is 16.8. The van der Waals surface area contributed by atoms with Gasteiger partial charge in [0.05, 0.1) is 19.9 Å². The Morgan fingerprint density at radius 3 is 2.60 bits per heavy atom. The highest BCUT2D eigenvalue weighted by Crippen LogP contribution is 2.17. The first-order valence-corrected chi connectivity index (χ1v) is 8.26. The largest absolute Gasteiger partial charge is 0.497 e. The van der Waals surface area contributed by atoms with Crippen LogP contribution >= 0.6 is 0 Å². The van der Waals surface area contributed by atoms with Crippen LogP contribution in [0.15, 0.2) is 77.4 Å². The van der Waals surface area contributed by atoms with Crippen molar-refractivity contribution in [2.75, 3.05) is 13.7 Å². The third kappa shape index (κ3) is 4.51. The summed E-state index contributed by atoms with van der Waals surface area (Å²) in [6, 6.07) is 21.1. The predicted molar refractivity (Wildman–Crippen MR) is 96.6 cm³/mol. The van der Waals surface area contributed by atoms with Gasteiger partial charge in [-0.3, -0.25) is 4.79 Å². The molecule has 0 aliphatic heterocycles. The van der Waals surface area contributed by atoms with E-state index in [9.17, 15) is 4.79 Å². The summed E-state index contributed by atoms with van der Waals surface area (Å²) in [5, 5.41) is 0. The van der Waals surface area contributed by atoms with E-state index in [4.69, 9.17) is 9.15 Å². The van der Waals surface area contributed by atoms with Crippen LogP contribution in [0, 0.1) is 0 Å². The van der Waals surface area contributed by atoms with Gasteiger partial charge in [0, 0.05) is 12.1 Å². The molecule has 0 saturated heterocycles. The molecule has 0 fully saturated rings. The van der Waals surface area contributed by atoms with Crippen LogP contribution in [0.2, 0.25) is 0 Å². The van der Waals surface area contributed by atoms with E-state index in [0.717, 1.165) is 12.2 Å². The molecule has 1 aromatic heterocycles. The molecule has 25 heavy (non-hydrogen) atoms. The van der Waals surface area contributed by atoms with Crippen molar-refractivity contribution in [2.24, 2.45) is 0 Å². The predicted octanol–water partition coefficient (Wildman–Crippen LogP) is 4.17. The second-order valence-electron chi connectivity index (χ2n) is 5.77. The fourth-order valence-corrected chi connectivity index (χ4v) is 2.69. The highest BCUT2D eigenvalue weighted by Gasteiger charge is 2.18. The van der Waals surface area contributed by atoms with Gasteiger partial charge in [-0.25, -0.2) is 0 Å². The number of hydrogen-bond donors (Lipinski definition) is 0. The molecule has 0 radical (unpaired) electrons. The Morgan fingerprint density at radius 2 is 1.88 bits per heavy atom. The quantitative estimate of drug-likeness (QED) is 0.651. The van der Waals surface area contributed by atoms with Crippen molar-refractivity contribution in [3.63, 3.8) is 0 Å². The van der Waals surface area contributed by atoms with E-state index in [0.29, 0.717) is 24.4 Å². The van der Waals surface area contributed by atoms with Gasteiger partial charge in [0.15, 0.2) is 0 Å². The summed E-state index contributed by atoms with van der Waals surface area (Å²) in [7, 11) is 1.60. The maximum absolute atomic E-state index is 13.0. The van der Waals surface area contributed by atoms with Gasteiger partial charge in [0.25, 0.3) is 5.91 Å². The maximum atomic E-state index is 13.0. The Balaban J connectivity index is 1.78. The molecule has 0 unspecified atom stereocenters. The summed E-state index contributed by atoms with van der Waals surface area (Å²) in [6.45, 7) is 1.05. The van der Waals surface area contributed by atoms with Gasteiger partial charge in [-0.05, 0) is 42.3 Å². The summed E-state index contributed by atoms with van der Waals surface area (Å²) in [6.07, 6.45) is 2.41. The zero-order chi connectivity index (χ0) is 17.5. The van der Waals surface area contributed by atoms with Crippen LogP contribution in [0.25, 0.3) is 0 Å². The summed E-state index contributed by atoms with van der Waals surface area (Å²) in [5.74, 6) is 1.40. The van der Waals surface area contributed by atoms with E-state index in [1.807, 2.05) is 48.5 Å². The van der Waals surface area contributed by atoms with Crippen LogP contribution in [0.3, 0.4) is 0 Å². The molecule has 4 nitrogen and oxygen atoms in total. The lowest BCUT2D eigenvalue weighted by Gasteiger charge is -2.22. The topological polar surface area (TPSA) is 42.7 Å². The lowest BCUT2D eigenvalue weighted by atomic mass is 10.1. The molecule has 0 aliphatic rings. The fourth-order valence-electron chi connectivity index (χ4n) is 2.69. The number of amides is 1. The van der Waals surface area contributed by atoms with Gasteiger partial charge in [-0.2, -0.15) is 0 Å². The second kappa shape index (κ2) is 8.20. The monoisotopic (exact) mass is 335 g/mol. The van der Waals surface area contributed by atoms with Gasteiger partial charge in [0.2, 0.25) is 0 Å². The van der Waals surface area contributed by atoms with Crippen molar-refractivity contribution in [3.8, 4) is 5.75 Å². The number of rotatable bonds is 7. The SMILES string of the molecule is COc1cccc(C(=O)N(CCc2ccccc2)Cc2ccco2)c1. The number of benzene rings is 2. The molecule has 3 rings (SSSR count). The summed E-state index contributed by atoms with van der Waals surface area (Å²) < 4.78 is 10.7. The van der Waals surface area contributed by atoms with Crippen molar-refractivity contribution in [1.29, 1.82) is 0 Å². The van der Waals surface area contributed by atoms with Crippen LogP contribution in [0.5, 0.6) is 5.75 Å². The number of methoxy groups -OCH3 is 1. The van der Waals surface area contributed by atoms with E-state index < -0.39 is 0 Å². The van der Waals surface area contributed by atoms with Crippen molar-refractivity contribution >= 4 is 5.91 Å². The number of carbonyl (C=O) groups excluding carboxylic acids is 1. The number of hydrogen-bond acceptors (Lipinski definition) is 3. The van der Waals surface area contributed by atoms with Crippen LogP contribution in [0.1, 0.15) is 21.7 Å². The van der Waals surface area contributed by atoms with Gasteiger partial charge in [-0.15, -0.1) is 0 Å². The third-order valence-corrected chi connectivity index (χ3v) is 4.04. The van der Waals surface area contributed by atoms with Crippen LogP contribution in [-0.2, 0) is 13.0 Å². The van der Waals surface area contributed by atoms with E-state index >= 15 is 0 Å². The Labute approximate surface area is 147 Å². The minimum Gasteiger partial charge on any atom is -0.497 e. The molecule has 0 N–H and O–H groups in total. The van der Waals surface area contributed by atoms with Crippen LogP contribution in [0.4, 0.5) is 0 Å². The molecule has 0 spiro atoms. The standard InChI is InChI=1S/C21H21NO3/c1-24-19-10-5-9-18(15-19)21(23)22(16-20-11-6-14-25-20)13-12-17-7-3-2-4-8-17/h2-11,14-15H,12-13,16H2,1H3. The zero-order valence-corrected chi connectivity index (χ0v) is 14.2. The number of ether oxygens (including phenoxy) is 1. The molecule has 0 aliphatic carbocycles. The number of nitrogens with zero attached hydrogens (tertiary/aromatic N) is 1. The highest BCUT2D eigenvalue weighted by atomic mass is 16.5. The number of carbonyl (C=O) groups is 1. The second-order valence-corrected chi connectivity index (χ2v) is 5.77. The van der Waals surface area contributed by atoms with Gasteiger partial charge >= 0.3 is 0 Å². The number of furan rings is 1. The van der Waals surface area contributed by atoms with Gasteiger partial charge in [-0.1, -0.05) is 36.4 Å². The first-order valence-electron chi connectivity index (χ1n) is 8.26. The summed E-state index contributed by atoms with van der Waals surface area (Å²) >= 11 is 0. The Morgan fingerprint density at radius 1 is 1.04 bits per heavy atom. The summed E-state index contributed by atoms with van der Waals surface area (Å²) in [4.78, 5) is 14.8. The maximum Gasteiger partial charge on any atom is 0.254 e. The molecule has 0 atom stereocenters. The lowest BCUT2D eigenvalue weighted by Crippen LogP contribution is -2.32. The Kier molecular flexibility index (Phi) is 5.52. The Hall–Kier alpha value is -3.01. The molecule has 1 heterocycles. The third-order valence-electron chi connectivity index (χ3n) is 4.04. The normalized spacial score (nSPS) is 10.4. The summed E-state index contributed by atoms with van der Waals surface area (Å²) in [5.41, 5.74) is 1.81. The van der Waals surface area contributed by atoms with E-state index in [1.165, 1.54) is 5.56 Å². The fraction of sp³-hybridized carbons (Fsp3) is 0.190. The molecular formula is C21H21NO3. The average Bonchev–Trinajstić information content (AvgIpc) is 3.18. The molecule has 3 aromatic rings. The molecule has 0 saturated carbocycles. The van der Waals surface area contributed by atoms with Crippen molar-refractivity contribution in [1.82, 2.24) is 4.90 Å². The molecule has 0 bridgehead atoms. The van der Waals surface area contributed by atoms with E-state index in [-0.39, 0.29) is 5.91 Å². The van der Waals surface area contributed by atoms with Crippen molar-refractivity contribution in [3.05, 3.63) is 89.9 Å². The van der Waals surface area contributed by atoms with Crippen molar-refractivity contribution in [2.45, 2.75) is 13.0 Å². The van der Waals surface area contributed by atoms with E-state index in [2.05, 4.69) is 12.1 Å². The van der Waals surface area contributed by atoms with Crippen LogP contribution in [-0.4, -0.2) is 24.5 Å². The van der Waals surface area contributed by atoms with E-state index in [1.54, 1.807) is 24.3 Å². The minimum atomic E-state index is -0.0359. The molecule has 128 valence electrons. The van der Waals surface area contributed by atoms with Gasteiger partial charge < -0.3 is 14.1 Å². The molecular weight excluding hydrogens is 314 g/mol. The molecule has 2 aromatic carbocycles. The van der Waals surface area contributed by atoms with Gasteiger partial charge in [0.1, 0.15) is 11.5 Å². The van der Waals surface area contributed by atoms with Crippen molar-refractivity contribution < 1.29 is 13.9 Å². The lowest BCUT2D eigenvalue weighted by molar-refractivity contribution is 0.0733. The minimum absolute atomic E-state index is 0.0359. The highest BCUT2D eigenvalue weighted by molar-refractivity contribution is 5.94. The smallest absolute Gasteiger partial charge is 0.254 e. The Bertz CT molecular complexity index is 797. The first-order chi connectivity index (χ1) is 12.3. The molecule has 4 heteroatoms. The zero-order valence-electron chi connectivity index (χ0n) is 14.2.